The number of hydrogen-bond acceptors (Lipinski definition) is 4. The summed E-state index contributed by atoms with van der Waals surface area (Å²) in [6.45, 7) is 0.149. The number of hydrogen-bond donors (Lipinski definition) is 2. The molecule has 2 aromatic rings. The van der Waals surface area contributed by atoms with Crippen molar-refractivity contribution in [3.63, 3.8) is 0 Å². The molecule has 1 heterocycles. The van der Waals surface area contributed by atoms with E-state index in [9.17, 15) is 4.79 Å². The second kappa shape index (κ2) is 3.12. The zero-order chi connectivity index (χ0) is 10.1. The Kier molecular flexibility index (Phi) is 1.94. The second-order valence-electron chi connectivity index (χ2n) is 2.92. The Morgan fingerprint density at radius 3 is 2.79 bits per heavy atom. The number of nitrogen functional groups attached to an aromatic ring is 1. The van der Waals surface area contributed by atoms with E-state index >= 15 is 0 Å². The average Bonchev–Trinajstić information content (AvgIpc) is 2.23. The van der Waals surface area contributed by atoms with E-state index in [2.05, 4.69) is 4.98 Å². The number of aromatic nitrogens is 2. The molecule has 0 amide bonds. The summed E-state index contributed by atoms with van der Waals surface area (Å²) in [4.78, 5) is 15.8. The second-order valence-corrected chi connectivity index (χ2v) is 2.92. The van der Waals surface area contributed by atoms with Crippen molar-refractivity contribution in [2.24, 2.45) is 5.73 Å². The van der Waals surface area contributed by atoms with Crippen LogP contribution in [0, 0.1) is 0 Å². The summed E-state index contributed by atoms with van der Waals surface area (Å²) in [5, 5.41) is 0.507. The Morgan fingerprint density at radius 2 is 2.07 bits per heavy atom. The van der Waals surface area contributed by atoms with E-state index in [1.54, 1.807) is 18.2 Å². The quantitative estimate of drug-likeness (QED) is 0.597. The fourth-order valence-corrected chi connectivity index (χ4v) is 1.34. The first-order valence-corrected chi connectivity index (χ1v) is 4.20. The molecular formula is C9H10N4O. The molecule has 0 aliphatic carbocycles. The van der Waals surface area contributed by atoms with Crippen LogP contribution in [0.3, 0.4) is 0 Å². The first-order chi connectivity index (χ1) is 6.74. The lowest BCUT2D eigenvalue weighted by Crippen LogP contribution is -2.32. The molecule has 0 fully saturated rings. The van der Waals surface area contributed by atoms with Gasteiger partial charge in [0.05, 0.1) is 17.4 Å². The maximum atomic E-state index is 11.7. The number of benzene rings is 1. The van der Waals surface area contributed by atoms with Gasteiger partial charge in [0.25, 0.3) is 5.56 Å². The van der Waals surface area contributed by atoms with Crippen LogP contribution < -0.4 is 17.1 Å². The highest BCUT2D eigenvalue weighted by Gasteiger charge is 2.05. The minimum Gasteiger partial charge on any atom is -0.335 e. The predicted octanol–water partition coefficient (Wildman–Crippen LogP) is -0.431. The van der Waals surface area contributed by atoms with Crippen LogP contribution in [-0.4, -0.2) is 9.66 Å². The van der Waals surface area contributed by atoms with E-state index in [-0.39, 0.29) is 12.1 Å². The van der Waals surface area contributed by atoms with Gasteiger partial charge in [0.15, 0.2) is 0 Å². The maximum absolute atomic E-state index is 11.7. The van der Waals surface area contributed by atoms with E-state index in [4.69, 9.17) is 11.6 Å². The number of rotatable bonds is 1. The maximum Gasteiger partial charge on any atom is 0.279 e. The molecule has 4 N–H and O–H groups in total. The summed E-state index contributed by atoms with van der Waals surface area (Å²) >= 11 is 0. The van der Waals surface area contributed by atoms with Crippen molar-refractivity contribution >= 4 is 10.9 Å². The summed E-state index contributed by atoms with van der Waals surface area (Å²) in [5.41, 5.74) is 5.77. The van der Waals surface area contributed by atoms with Gasteiger partial charge in [-0.25, -0.2) is 9.66 Å². The van der Waals surface area contributed by atoms with Gasteiger partial charge in [-0.05, 0) is 12.1 Å². The minimum atomic E-state index is -0.268. The molecule has 2 rings (SSSR count). The standard InChI is InChI=1S/C9H10N4O/c10-5-8-12-7-4-2-1-3-6(7)9(14)13(8)11/h1-4H,5,10-11H2. The molecule has 1 aromatic heterocycles. The van der Waals surface area contributed by atoms with Gasteiger partial charge in [-0.1, -0.05) is 12.1 Å². The van der Waals surface area contributed by atoms with Crippen molar-refractivity contribution in [2.75, 3.05) is 5.84 Å². The summed E-state index contributed by atoms with van der Waals surface area (Å²) in [6.07, 6.45) is 0. The molecule has 0 aliphatic rings. The lowest BCUT2D eigenvalue weighted by Gasteiger charge is -2.05. The molecule has 5 nitrogen and oxygen atoms in total. The van der Waals surface area contributed by atoms with Crippen LogP contribution in [0.5, 0.6) is 0 Å². The van der Waals surface area contributed by atoms with Gasteiger partial charge >= 0.3 is 0 Å². The smallest absolute Gasteiger partial charge is 0.279 e. The molecule has 0 saturated heterocycles. The lowest BCUT2D eigenvalue weighted by molar-refractivity contribution is 0.785. The first kappa shape index (κ1) is 8.71. The third-order valence-electron chi connectivity index (χ3n) is 2.06. The van der Waals surface area contributed by atoms with Gasteiger partial charge in [-0.3, -0.25) is 4.79 Å². The average molecular weight is 190 g/mol. The fourth-order valence-electron chi connectivity index (χ4n) is 1.34. The van der Waals surface area contributed by atoms with Gasteiger partial charge in [-0.15, -0.1) is 0 Å². The SMILES string of the molecule is NCc1nc2ccccc2c(=O)n1N. The number of fused-ring (bicyclic) bond motifs is 1. The van der Waals surface area contributed by atoms with Crippen molar-refractivity contribution in [3.8, 4) is 0 Å². The normalized spacial score (nSPS) is 10.6. The third kappa shape index (κ3) is 1.14. The number of para-hydroxylation sites is 1. The summed E-state index contributed by atoms with van der Waals surface area (Å²) in [6, 6.07) is 7.04. The van der Waals surface area contributed by atoms with Crippen LogP contribution in [0.15, 0.2) is 29.1 Å². The Hall–Kier alpha value is -1.88. The van der Waals surface area contributed by atoms with Crippen molar-refractivity contribution in [2.45, 2.75) is 6.54 Å². The molecule has 72 valence electrons. The van der Waals surface area contributed by atoms with E-state index in [1.165, 1.54) is 0 Å². The molecule has 0 radical (unpaired) electrons. The highest BCUT2D eigenvalue weighted by Crippen LogP contribution is 2.05. The van der Waals surface area contributed by atoms with Crippen LogP contribution in [0.2, 0.25) is 0 Å². The largest absolute Gasteiger partial charge is 0.335 e. The molecular weight excluding hydrogens is 180 g/mol. The van der Waals surface area contributed by atoms with Crippen LogP contribution >= 0.6 is 0 Å². The van der Waals surface area contributed by atoms with Crippen molar-refractivity contribution < 1.29 is 0 Å². The molecule has 14 heavy (non-hydrogen) atoms. The van der Waals surface area contributed by atoms with E-state index in [1.807, 2.05) is 6.07 Å². The molecule has 5 heteroatoms. The topological polar surface area (TPSA) is 86.9 Å². The molecule has 0 saturated carbocycles. The fraction of sp³-hybridized carbons (Fsp3) is 0.111. The Labute approximate surface area is 79.9 Å². The zero-order valence-electron chi connectivity index (χ0n) is 7.47. The Morgan fingerprint density at radius 1 is 1.36 bits per heavy atom. The van der Waals surface area contributed by atoms with Gasteiger partial charge < -0.3 is 11.6 Å². The van der Waals surface area contributed by atoms with Crippen LogP contribution in [-0.2, 0) is 6.54 Å². The predicted molar refractivity (Wildman–Crippen MR) is 54.0 cm³/mol. The van der Waals surface area contributed by atoms with Crippen molar-refractivity contribution in [3.05, 3.63) is 40.4 Å². The minimum absolute atomic E-state index is 0.149. The highest BCUT2D eigenvalue weighted by molar-refractivity contribution is 5.77. The van der Waals surface area contributed by atoms with Crippen molar-refractivity contribution in [1.29, 1.82) is 0 Å². The first-order valence-electron chi connectivity index (χ1n) is 4.20. The monoisotopic (exact) mass is 190 g/mol. The Balaban J connectivity index is 2.92. The third-order valence-corrected chi connectivity index (χ3v) is 2.06. The Bertz CT molecular complexity index is 532. The highest BCUT2D eigenvalue weighted by atomic mass is 16.1. The van der Waals surface area contributed by atoms with Gasteiger partial charge in [-0.2, -0.15) is 0 Å². The van der Waals surface area contributed by atoms with Crippen molar-refractivity contribution in [1.82, 2.24) is 9.66 Å². The van der Waals surface area contributed by atoms with E-state index < -0.39 is 0 Å². The summed E-state index contributed by atoms with van der Waals surface area (Å²) < 4.78 is 0.988. The van der Waals surface area contributed by atoms with Crippen LogP contribution in [0.4, 0.5) is 0 Å². The van der Waals surface area contributed by atoms with Crippen LogP contribution in [0.1, 0.15) is 5.82 Å². The van der Waals surface area contributed by atoms with E-state index in [0.29, 0.717) is 16.7 Å². The molecule has 0 spiro atoms. The molecule has 0 bridgehead atoms. The summed E-state index contributed by atoms with van der Waals surface area (Å²) in [5.74, 6) is 5.90. The number of nitrogens with two attached hydrogens (primary N) is 2. The van der Waals surface area contributed by atoms with Gasteiger partial charge in [0, 0.05) is 0 Å². The van der Waals surface area contributed by atoms with Gasteiger partial charge in [0.2, 0.25) is 0 Å². The zero-order valence-corrected chi connectivity index (χ0v) is 7.47. The van der Waals surface area contributed by atoms with Gasteiger partial charge in [0.1, 0.15) is 5.82 Å². The molecule has 0 aliphatic heterocycles. The molecule has 0 unspecified atom stereocenters. The lowest BCUT2D eigenvalue weighted by atomic mass is 10.2. The molecule has 1 aromatic carbocycles. The molecule has 0 atom stereocenters. The number of nitrogens with zero attached hydrogens (tertiary/aromatic N) is 2. The van der Waals surface area contributed by atoms with Crippen LogP contribution in [0.25, 0.3) is 10.9 Å². The summed E-state index contributed by atoms with van der Waals surface area (Å²) in [7, 11) is 0. The van der Waals surface area contributed by atoms with E-state index in [0.717, 1.165) is 4.68 Å².